The first-order valence-electron chi connectivity index (χ1n) is 6.51. The van der Waals surface area contributed by atoms with E-state index >= 15 is 0 Å². The van der Waals surface area contributed by atoms with Gasteiger partial charge in [0, 0.05) is 13.1 Å². The molecule has 2 aliphatic heterocycles. The van der Waals surface area contributed by atoms with Crippen molar-refractivity contribution < 1.29 is 9.53 Å². The summed E-state index contributed by atoms with van der Waals surface area (Å²) in [4.78, 5) is 16.6. The first-order chi connectivity index (χ1) is 8.77. The van der Waals surface area contributed by atoms with Gasteiger partial charge in [-0.2, -0.15) is 0 Å². The molecule has 0 radical (unpaired) electrons. The molecule has 1 atom stereocenters. The summed E-state index contributed by atoms with van der Waals surface area (Å²) in [5.41, 5.74) is 0.919. The molecule has 0 spiro atoms. The van der Waals surface area contributed by atoms with Crippen molar-refractivity contribution in [1.82, 2.24) is 4.90 Å². The predicted molar refractivity (Wildman–Crippen MR) is 69.9 cm³/mol. The molecule has 0 aliphatic carbocycles. The van der Waals surface area contributed by atoms with Crippen LogP contribution in [-0.2, 0) is 4.79 Å². The summed E-state index contributed by atoms with van der Waals surface area (Å²) in [5, 5.41) is 0. The van der Waals surface area contributed by atoms with E-state index in [1.54, 1.807) is 0 Å². The first-order valence-corrected chi connectivity index (χ1v) is 6.51. The minimum Gasteiger partial charge on any atom is -0.491 e. The van der Waals surface area contributed by atoms with Crippen molar-refractivity contribution >= 4 is 11.6 Å². The van der Waals surface area contributed by atoms with Crippen molar-refractivity contribution in [3.05, 3.63) is 24.3 Å². The van der Waals surface area contributed by atoms with Crippen LogP contribution in [0.3, 0.4) is 0 Å². The summed E-state index contributed by atoms with van der Waals surface area (Å²) >= 11 is 0. The monoisotopic (exact) mass is 246 g/mol. The smallest absolute Gasteiger partial charge is 0.244 e. The molecule has 3 rings (SSSR count). The zero-order valence-corrected chi connectivity index (χ0v) is 10.6. The molecular formula is C14H18N2O2. The van der Waals surface area contributed by atoms with Crippen LogP contribution in [0.5, 0.6) is 5.75 Å². The predicted octanol–water partition coefficient (Wildman–Crippen LogP) is 1.51. The van der Waals surface area contributed by atoms with E-state index < -0.39 is 0 Å². The fourth-order valence-corrected chi connectivity index (χ4v) is 2.74. The fraction of sp³-hybridized carbons (Fsp3) is 0.500. The molecule has 1 amide bonds. The molecule has 1 fully saturated rings. The van der Waals surface area contributed by atoms with Crippen LogP contribution in [0.2, 0.25) is 0 Å². The van der Waals surface area contributed by atoms with Gasteiger partial charge >= 0.3 is 0 Å². The highest BCUT2D eigenvalue weighted by Gasteiger charge is 2.34. The van der Waals surface area contributed by atoms with Gasteiger partial charge < -0.3 is 9.64 Å². The summed E-state index contributed by atoms with van der Waals surface area (Å²) in [6.07, 6.45) is 1.79. The summed E-state index contributed by atoms with van der Waals surface area (Å²) in [7, 11) is 2.03. The van der Waals surface area contributed by atoms with Crippen LogP contribution < -0.4 is 9.64 Å². The average Bonchev–Trinajstić information content (AvgIpc) is 2.42. The van der Waals surface area contributed by atoms with Crippen molar-refractivity contribution in [2.75, 3.05) is 31.6 Å². The van der Waals surface area contributed by atoms with Crippen LogP contribution in [0.25, 0.3) is 0 Å². The van der Waals surface area contributed by atoms with Gasteiger partial charge in [-0.15, -0.1) is 0 Å². The topological polar surface area (TPSA) is 32.8 Å². The number of amides is 1. The molecule has 2 bridgehead atoms. The first kappa shape index (κ1) is 11.5. The summed E-state index contributed by atoms with van der Waals surface area (Å²) in [5.74, 6) is 1.04. The zero-order valence-electron chi connectivity index (χ0n) is 10.6. The molecule has 1 aromatic carbocycles. The van der Waals surface area contributed by atoms with Crippen LogP contribution in [-0.4, -0.2) is 43.6 Å². The normalized spacial score (nSPS) is 24.6. The molecule has 4 heteroatoms. The Bertz CT molecular complexity index is 461. The highest BCUT2D eigenvalue weighted by atomic mass is 16.5. The van der Waals surface area contributed by atoms with Gasteiger partial charge in [0.2, 0.25) is 5.91 Å². The van der Waals surface area contributed by atoms with Gasteiger partial charge in [-0.1, -0.05) is 12.1 Å². The van der Waals surface area contributed by atoms with E-state index in [4.69, 9.17) is 4.74 Å². The molecule has 1 saturated heterocycles. The van der Waals surface area contributed by atoms with E-state index in [1.807, 2.05) is 36.2 Å². The van der Waals surface area contributed by atoms with Gasteiger partial charge in [-0.3, -0.25) is 9.69 Å². The van der Waals surface area contributed by atoms with Gasteiger partial charge in [0.05, 0.1) is 18.3 Å². The highest BCUT2D eigenvalue weighted by Crippen LogP contribution is 2.32. The second-order valence-electron chi connectivity index (χ2n) is 4.94. The lowest BCUT2D eigenvalue weighted by Gasteiger charge is -2.38. The van der Waals surface area contributed by atoms with Gasteiger partial charge in [0.1, 0.15) is 5.75 Å². The van der Waals surface area contributed by atoms with Crippen LogP contribution in [0.4, 0.5) is 5.69 Å². The van der Waals surface area contributed by atoms with Crippen molar-refractivity contribution in [2.45, 2.75) is 18.9 Å². The quantitative estimate of drug-likeness (QED) is 0.695. The second-order valence-corrected chi connectivity index (χ2v) is 4.94. The lowest BCUT2D eigenvalue weighted by molar-refractivity contribution is -0.125. The summed E-state index contributed by atoms with van der Waals surface area (Å²) in [6.45, 7) is 2.35. The second kappa shape index (κ2) is 4.61. The third kappa shape index (κ3) is 1.86. The van der Waals surface area contributed by atoms with E-state index in [1.165, 1.54) is 0 Å². The number of likely N-dealkylation sites (N-methyl/N-ethyl adjacent to an activating group) is 1. The number of nitrogens with zero attached hydrogens (tertiary/aromatic N) is 2. The lowest BCUT2D eigenvalue weighted by Crippen LogP contribution is -2.55. The number of carbonyl (C=O) groups excluding carboxylic acids is 1. The van der Waals surface area contributed by atoms with E-state index in [0.717, 1.165) is 37.4 Å². The van der Waals surface area contributed by atoms with E-state index in [9.17, 15) is 4.79 Å². The number of para-hydroxylation sites is 2. The average molecular weight is 246 g/mol. The van der Waals surface area contributed by atoms with Gasteiger partial charge in [0.25, 0.3) is 0 Å². The molecule has 18 heavy (non-hydrogen) atoms. The van der Waals surface area contributed by atoms with Crippen LogP contribution in [0.15, 0.2) is 24.3 Å². The maximum absolute atomic E-state index is 12.5. The number of fused-ring (bicyclic) bond motifs is 4. The van der Waals surface area contributed by atoms with Crippen molar-refractivity contribution in [3.8, 4) is 5.75 Å². The number of piperazine rings is 1. The Hall–Kier alpha value is -1.55. The Labute approximate surface area is 107 Å². The number of hydrogen-bond acceptors (Lipinski definition) is 3. The van der Waals surface area contributed by atoms with Gasteiger partial charge in [0.15, 0.2) is 0 Å². The van der Waals surface area contributed by atoms with Crippen LogP contribution in [0.1, 0.15) is 12.8 Å². The molecule has 96 valence electrons. The Kier molecular flexibility index (Phi) is 2.96. The molecule has 0 aromatic heterocycles. The molecule has 0 N–H and O–H groups in total. The van der Waals surface area contributed by atoms with Crippen LogP contribution >= 0.6 is 0 Å². The number of anilines is 1. The Morgan fingerprint density at radius 3 is 3.00 bits per heavy atom. The highest BCUT2D eigenvalue weighted by molar-refractivity contribution is 5.99. The number of carbonyl (C=O) groups is 1. The minimum atomic E-state index is 0.00788. The molecule has 4 nitrogen and oxygen atoms in total. The summed E-state index contributed by atoms with van der Waals surface area (Å²) < 4.78 is 5.79. The summed E-state index contributed by atoms with van der Waals surface area (Å²) in [6, 6.07) is 7.84. The van der Waals surface area contributed by atoms with Crippen molar-refractivity contribution in [3.63, 3.8) is 0 Å². The van der Waals surface area contributed by atoms with Crippen molar-refractivity contribution in [1.29, 1.82) is 0 Å². The maximum atomic E-state index is 12.5. The SMILES string of the molecule is CN1CCN2C(=O)C1CCCOc1ccccc12. The number of ether oxygens (including phenoxy) is 1. The molecule has 1 aromatic rings. The van der Waals surface area contributed by atoms with Gasteiger partial charge in [-0.25, -0.2) is 0 Å². The lowest BCUT2D eigenvalue weighted by atomic mass is 10.1. The number of rotatable bonds is 0. The van der Waals surface area contributed by atoms with Crippen LogP contribution in [0, 0.1) is 0 Å². The van der Waals surface area contributed by atoms with E-state index in [2.05, 4.69) is 4.90 Å². The maximum Gasteiger partial charge on any atom is 0.244 e. The Morgan fingerprint density at radius 2 is 2.11 bits per heavy atom. The van der Waals surface area contributed by atoms with E-state index in [-0.39, 0.29) is 11.9 Å². The standard InChI is InChI=1S/C14H18N2O2/c1-15-8-9-16-11-5-2-3-7-13(11)18-10-4-6-12(15)14(16)17/h2-3,5,7,12H,4,6,8-10H2,1H3. The van der Waals surface area contributed by atoms with Gasteiger partial charge in [-0.05, 0) is 32.0 Å². The number of benzene rings is 1. The molecule has 2 aliphatic rings. The molecule has 2 heterocycles. The Balaban J connectivity index is 2.02. The zero-order chi connectivity index (χ0) is 12.5. The molecular weight excluding hydrogens is 228 g/mol. The minimum absolute atomic E-state index is 0.00788. The third-order valence-corrected chi connectivity index (χ3v) is 3.79. The molecule has 1 unspecified atom stereocenters. The molecule has 0 saturated carbocycles. The van der Waals surface area contributed by atoms with Crippen molar-refractivity contribution in [2.24, 2.45) is 0 Å². The Morgan fingerprint density at radius 1 is 1.28 bits per heavy atom. The van der Waals surface area contributed by atoms with E-state index in [0.29, 0.717) is 6.61 Å². The largest absolute Gasteiger partial charge is 0.491 e. The fourth-order valence-electron chi connectivity index (χ4n) is 2.74. The third-order valence-electron chi connectivity index (χ3n) is 3.79. The number of hydrogen-bond donors (Lipinski definition) is 0.